The van der Waals surface area contributed by atoms with Crippen LogP contribution in [0.1, 0.15) is 40.3 Å². The monoisotopic (exact) mass is 738 g/mol. The Labute approximate surface area is 323 Å². The van der Waals surface area contributed by atoms with Crippen LogP contribution in [0.15, 0.2) is 116 Å². The number of hydrogen-bond donors (Lipinski definition) is 5. The van der Waals surface area contributed by atoms with Crippen LogP contribution in [0.3, 0.4) is 0 Å². The molecule has 1 amide bonds. The highest BCUT2D eigenvalue weighted by atomic mass is 16.3. The summed E-state index contributed by atoms with van der Waals surface area (Å²) < 4.78 is 0. The quantitative estimate of drug-likeness (QED) is 0.0967. The topological polar surface area (TPSA) is 169 Å². The standard InChI is InChI=1S/C23H20N4O.C23H22N4O/c24-23-22-19(18-5-3-16(13-28)11-21(18)27-23)10-15(12-26-22)2-1-14-4-6-20-17(9-14)7-8-25-20;1-14-3-10-19-20-12-17(13-25-22(20)23(24)27-21(19)11-14)5-4-16-6-8-18(9-7-16)26-15(2)28/h3-12,25,28H,1-2,13H2,(H2,24,27);3,6-13H,4-5H2,1-2H3,(H2,24,27)(H,26,28). The van der Waals surface area contributed by atoms with E-state index in [4.69, 9.17) is 11.5 Å². The van der Waals surface area contributed by atoms with Crippen molar-refractivity contribution < 1.29 is 9.90 Å². The fourth-order valence-electron chi connectivity index (χ4n) is 7.23. The first-order valence-corrected chi connectivity index (χ1v) is 18.7. The molecule has 5 heterocycles. The summed E-state index contributed by atoms with van der Waals surface area (Å²) in [6.45, 7) is 3.54. The van der Waals surface area contributed by atoms with Crippen molar-refractivity contribution in [2.75, 3.05) is 16.8 Å². The molecule has 10 heteroatoms. The number of hydrogen-bond acceptors (Lipinski definition) is 8. The van der Waals surface area contributed by atoms with Crippen LogP contribution in [0.25, 0.3) is 54.5 Å². The lowest BCUT2D eigenvalue weighted by Crippen LogP contribution is -2.05. The van der Waals surface area contributed by atoms with Crippen molar-refractivity contribution in [1.82, 2.24) is 24.9 Å². The molecule has 9 rings (SSSR count). The van der Waals surface area contributed by atoms with Gasteiger partial charge in [-0.1, -0.05) is 42.5 Å². The average Bonchev–Trinajstić information content (AvgIpc) is 3.68. The zero-order valence-electron chi connectivity index (χ0n) is 31.3. The number of nitrogens with two attached hydrogens (primary N) is 2. The molecule has 0 bridgehead atoms. The SMILES string of the molecule is CC(=O)Nc1ccc(CCc2cnc3c(N)nc4cc(C)ccc4c3c2)cc1.Nc1nc2cc(CO)ccc2c2cc(CCc3ccc4[nH]ccc4c3)cnc12. The molecule has 0 atom stereocenters. The van der Waals surface area contributed by atoms with Gasteiger partial charge in [-0.2, -0.15) is 0 Å². The summed E-state index contributed by atoms with van der Waals surface area (Å²) in [7, 11) is 0. The Balaban J connectivity index is 0.000000157. The van der Waals surface area contributed by atoms with E-state index >= 15 is 0 Å². The van der Waals surface area contributed by atoms with E-state index in [-0.39, 0.29) is 12.5 Å². The number of aliphatic hydroxyl groups excluding tert-OH is 1. The van der Waals surface area contributed by atoms with E-state index in [0.29, 0.717) is 11.6 Å². The van der Waals surface area contributed by atoms with Crippen LogP contribution in [-0.4, -0.2) is 35.9 Å². The molecule has 0 aliphatic rings. The normalized spacial score (nSPS) is 11.3. The molecule has 9 aromatic rings. The highest BCUT2D eigenvalue weighted by Gasteiger charge is 2.11. The van der Waals surface area contributed by atoms with Crippen molar-refractivity contribution in [2.45, 2.75) is 46.1 Å². The average molecular weight is 739 g/mol. The predicted molar refractivity (Wildman–Crippen MR) is 227 cm³/mol. The number of carbonyl (C=O) groups is 1. The highest BCUT2D eigenvalue weighted by molar-refractivity contribution is 6.09. The zero-order valence-corrected chi connectivity index (χ0v) is 31.3. The fraction of sp³-hybridized carbons (Fsp3) is 0.152. The summed E-state index contributed by atoms with van der Waals surface area (Å²) in [5, 5.41) is 17.5. The van der Waals surface area contributed by atoms with Crippen LogP contribution >= 0.6 is 0 Å². The van der Waals surface area contributed by atoms with Gasteiger partial charge in [-0.25, -0.2) is 9.97 Å². The molecule has 0 spiro atoms. The Morgan fingerprint density at radius 2 is 1.21 bits per heavy atom. The number of rotatable bonds is 8. The Kier molecular flexibility index (Phi) is 9.95. The van der Waals surface area contributed by atoms with Gasteiger partial charge in [0.1, 0.15) is 11.0 Å². The van der Waals surface area contributed by atoms with E-state index in [0.717, 1.165) is 97.2 Å². The summed E-state index contributed by atoms with van der Waals surface area (Å²) in [5.41, 5.74) is 24.2. The fourth-order valence-corrected chi connectivity index (χ4v) is 7.23. The smallest absolute Gasteiger partial charge is 0.221 e. The molecule has 0 radical (unpaired) electrons. The Bertz CT molecular complexity index is 2900. The Morgan fingerprint density at radius 3 is 1.86 bits per heavy atom. The number of carbonyl (C=O) groups excluding carboxylic acids is 1. The maximum atomic E-state index is 11.1. The summed E-state index contributed by atoms with van der Waals surface area (Å²) in [6.07, 6.45) is 9.35. The Hall–Kier alpha value is -6.91. The summed E-state index contributed by atoms with van der Waals surface area (Å²) >= 11 is 0. The van der Waals surface area contributed by atoms with Gasteiger partial charge in [0.2, 0.25) is 5.91 Å². The van der Waals surface area contributed by atoms with Gasteiger partial charge in [0.15, 0.2) is 11.6 Å². The zero-order chi connectivity index (χ0) is 38.8. The van der Waals surface area contributed by atoms with E-state index in [2.05, 4.69) is 84.8 Å². The number of aromatic nitrogens is 5. The molecule has 0 saturated carbocycles. The molecule has 10 nitrogen and oxygen atoms in total. The van der Waals surface area contributed by atoms with Crippen molar-refractivity contribution in [3.8, 4) is 0 Å². The molecule has 0 aliphatic heterocycles. The minimum atomic E-state index is -0.0637. The van der Waals surface area contributed by atoms with Gasteiger partial charge in [0.25, 0.3) is 0 Å². The van der Waals surface area contributed by atoms with Crippen LogP contribution in [0, 0.1) is 6.92 Å². The lowest BCUT2D eigenvalue weighted by molar-refractivity contribution is -0.114. The van der Waals surface area contributed by atoms with Gasteiger partial charge in [0, 0.05) is 58.3 Å². The second-order valence-electron chi connectivity index (χ2n) is 14.3. The molecule has 0 fully saturated rings. The van der Waals surface area contributed by atoms with Gasteiger partial charge in [-0.15, -0.1) is 0 Å². The van der Waals surface area contributed by atoms with Crippen LogP contribution in [0.5, 0.6) is 0 Å². The molecule has 0 unspecified atom stereocenters. The number of amides is 1. The molecular formula is C46H42N8O2. The minimum absolute atomic E-state index is 0.0145. The third-order valence-corrected chi connectivity index (χ3v) is 10.1. The van der Waals surface area contributed by atoms with Gasteiger partial charge >= 0.3 is 0 Å². The van der Waals surface area contributed by atoms with Gasteiger partial charge < -0.3 is 26.9 Å². The van der Waals surface area contributed by atoms with E-state index in [1.165, 1.54) is 29.0 Å². The minimum Gasteiger partial charge on any atom is -0.392 e. The largest absolute Gasteiger partial charge is 0.392 e. The molecule has 56 heavy (non-hydrogen) atoms. The van der Waals surface area contributed by atoms with E-state index < -0.39 is 0 Å². The number of pyridine rings is 4. The number of aromatic amines is 1. The number of nitrogen functional groups attached to an aromatic ring is 2. The van der Waals surface area contributed by atoms with E-state index in [9.17, 15) is 9.90 Å². The number of aliphatic hydroxyl groups is 1. The van der Waals surface area contributed by atoms with Gasteiger partial charge in [-0.3, -0.25) is 14.8 Å². The molecular weight excluding hydrogens is 697 g/mol. The lowest BCUT2D eigenvalue weighted by Gasteiger charge is -2.09. The maximum absolute atomic E-state index is 11.1. The van der Waals surface area contributed by atoms with Crippen molar-refractivity contribution in [1.29, 1.82) is 0 Å². The molecule has 0 aliphatic carbocycles. The van der Waals surface area contributed by atoms with E-state index in [1.54, 1.807) is 0 Å². The summed E-state index contributed by atoms with van der Waals surface area (Å²) in [4.78, 5) is 32.5. The van der Waals surface area contributed by atoms with Crippen LogP contribution in [0.2, 0.25) is 0 Å². The first kappa shape index (κ1) is 36.1. The van der Waals surface area contributed by atoms with Crippen molar-refractivity contribution in [3.05, 3.63) is 149 Å². The van der Waals surface area contributed by atoms with Crippen molar-refractivity contribution in [2.24, 2.45) is 0 Å². The third-order valence-electron chi connectivity index (χ3n) is 10.1. The molecule has 278 valence electrons. The molecule has 0 saturated heterocycles. The number of fused-ring (bicyclic) bond motifs is 7. The summed E-state index contributed by atoms with van der Waals surface area (Å²) in [5.74, 6) is 0.821. The number of aryl methyl sites for hydroxylation is 5. The van der Waals surface area contributed by atoms with Gasteiger partial charge in [0.05, 0.1) is 17.6 Å². The second-order valence-corrected chi connectivity index (χ2v) is 14.3. The second kappa shape index (κ2) is 15.4. The van der Waals surface area contributed by atoms with Crippen LogP contribution in [-0.2, 0) is 37.1 Å². The highest BCUT2D eigenvalue weighted by Crippen LogP contribution is 2.30. The number of anilines is 3. The number of nitrogens with zero attached hydrogens (tertiary/aromatic N) is 4. The van der Waals surface area contributed by atoms with Crippen molar-refractivity contribution in [3.63, 3.8) is 0 Å². The predicted octanol–water partition coefficient (Wildman–Crippen LogP) is 8.54. The lowest BCUT2D eigenvalue weighted by atomic mass is 10.0. The first-order valence-electron chi connectivity index (χ1n) is 18.7. The van der Waals surface area contributed by atoms with Gasteiger partial charge in [-0.05, 0) is 126 Å². The first-order chi connectivity index (χ1) is 27.2. The van der Waals surface area contributed by atoms with Crippen molar-refractivity contribution >= 4 is 77.7 Å². The maximum Gasteiger partial charge on any atom is 0.221 e. The molecule has 4 aromatic carbocycles. The number of nitrogens with one attached hydrogen (secondary N) is 2. The third kappa shape index (κ3) is 7.69. The number of H-pyrrole nitrogens is 1. The number of benzene rings is 4. The molecule has 7 N–H and O–H groups in total. The van der Waals surface area contributed by atoms with Crippen LogP contribution < -0.4 is 16.8 Å². The van der Waals surface area contributed by atoms with Crippen LogP contribution in [0.4, 0.5) is 17.3 Å². The molecule has 5 aromatic heterocycles. The Morgan fingerprint density at radius 1 is 0.643 bits per heavy atom. The summed E-state index contributed by atoms with van der Waals surface area (Å²) in [6, 6.07) is 32.9. The van der Waals surface area contributed by atoms with E-state index in [1.807, 2.05) is 68.0 Å².